The first-order chi connectivity index (χ1) is 8.08. The Morgan fingerprint density at radius 3 is 3.06 bits per heavy atom. The molecule has 1 atom stereocenters. The van der Waals surface area contributed by atoms with Gasteiger partial charge in [0.2, 0.25) is 0 Å². The van der Waals surface area contributed by atoms with Crippen LogP contribution >= 0.6 is 0 Å². The van der Waals surface area contributed by atoms with Gasteiger partial charge in [-0.15, -0.1) is 0 Å². The molecule has 0 unspecified atom stereocenters. The molecule has 2 aromatic rings. The number of imidazole rings is 1. The SMILES string of the molecule is Cc1cccn2cc(CO[C@@H](C)C(=O)O)nc12. The minimum Gasteiger partial charge on any atom is -0.479 e. The molecule has 2 heterocycles. The molecule has 2 aromatic heterocycles. The quantitative estimate of drug-likeness (QED) is 0.873. The third-order valence-corrected chi connectivity index (χ3v) is 2.56. The van der Waals surface area contributed by atoms with Crippen LogP contribution in [0.25, 0.3) is 5.65 Å². The summed E-state index contributed by atoms with van der Waals surface area (Å²) in [7, 11) is 0. The summed E-state index contributed by atoms with van der Waals surface area (Å²) in [5, 5.41) is 8.69. The molecule has 0 bridgehead atoms. The summed E-state index contributed by atoms with van der Waals surface area (Å²) in [5.41, 5.74) is 2.67. The van der Waals surface area contributed by atoms with Gasteiger partial charge in [-0.2, -0.15) is 0 Å². The molecule has 0 aromatic carbocycles. The predicted molar refractivity (Wildman–Crippen MR) is 61.8 cm³/mol. The maximum atomic E-state index is 10.6. The average Bonchev–Trinajstić information content (AvgIpc) is 2.70. The first-order valence-electron chi connectivity index (χ1n) is 5.35. The average molecular weight is 234 g/mol. The highest BCUT2D eigenvalue weighted by atomic mass is 16.5. The number of pyridine rings is 1. The lowest BCUT2D eigenvalue weighted by Gasteiger charge is -2.05. The van der Waals surface area contributed by atoms with Crippen molar-refractivity contribution in [2.75, 3.05) is 0 Å². The Balaban J connectivity index is 2.15. The van der Waals surface area contributed by atoms with E-state index in [-0.39, 0.29) is 6.61 Å². The Labute approximate surface area is 98.7 Å². The van der Waals surface area contributed by atoms with E-state index in [2.05, 4.69) is 4.98 Å². The Kier molecular flexibility index (Phi) is 3.10. The van der Waals surface area contributed by atoms with Gasteiger partial charge in [-0.1, -0.05) is 6.07 Å². The Bertz CT molecular complexity index is 548. The molecule has 0 aliphatic rings. The number of carboxylic acid groups (broad SMARTS) is 1. The van der Waals surface area contributed by atoms with Crippen molar-refractivity contribution in [1.29, 1.82) is 0 Å². The second-order valence-corrected chi connectivity index (χ2v) is 3.95. The molecule has 0 saturated heterocycles. The van der Waals surface area contributed by atoms with Crippen LogP contribution in [0.15, 0.2) is 24.5 Å². The van der Waals surface area contributed by atoms with Crippen LogP contribution in [0.2, 0.25) is 0 Å². The van der Waals surface area contributed by atoms with Crippen LogP contribution in [-0.2, 0) is 16.1 Å². The number of nitrogens with zero attached hydrogens (tertiary/aromatic N) is 2. The van der Waals surface area contributed by atoms with E-state index in [0.29, 0.717) is 0 Å². The normalized spacial score (nSPS) is 12.8. The van der Waals surface area contributed by atoms with Gasteiger partial charge >= 0.3 is 5.97 Å². The summed E-state index contributed by atoms with van der Waals surface area (Å²) in [4.78, 5) is 15.0. The number of hydrogen-bond acceptors (Lipinski definition) is 3. The topological polar surface area (TPSA) is 63.8 Å². The Hall–Kier alpha value is -1.88. The van der Waals surface area contributed by atoms with Crippen molar-refractivity contribution in [3.63, 3.8) is 0 Å². The number of carboxylic acids is 1. The van der Waals surface area contributed by atoms with Crippen LogP contribution in [0.4, 0.5) is 0 Å². The number of carbonyl (C=O) groups is 1. The summed E-state index contributed by atoms with van der Waals surface area (Å²) < 4.78 is 7.09. The summed E-state index contributed by atoms with van der Waals surface area (Å²) in [6.07, 6.45) is 2.93. The number of aliphatic carboxylic acids is 1. The van der Waals surface area contributed by atoms with E-state index >= 15 is 0 Å². The number of aromatic nitrogens is 2. The summed E-state index contributed by atoms with van der Waals surface area (Å²) in [6.45, 7) is 3.69. The van der Waals surface area contributed by atoms with E-state index in [4.69, 9.17) is 9.84 Å². The van der Waals surface area contributed by atoms with Gasteiger partial charge in [0.1, 0.15) is 5.65 Å². The molecule has 2 rings (SSSR count). The fourth-order valence-corrected chi connectivity index (χ4v) is 1.56. The number of rotatable bonds is 4. The molecule has 0 radical (unpaired) electrons. The molecule has 0 fully saturated rings. The van der Waals surface area contributed by atoms with Crippen molar-refractivity contribution in [2.45, 2.75) is 26.6 Å². The van der Waals surface area contributed by atoms with Gasteiger partial charge in [-0.3, -0.25) is 0 Å². The van der Waals surface area contributed by atoms with Gasteiger partial charge < -0.3 is 14.2 Å². The van der Waals surface area contributed by atoms with E-state index in [9.17, 15) is 4.79 Å². The number of hydrogen-bond donors (Lipinski definition) is 1. The van der Waals surface area contributed by atoms with E-state index in [1.165, 1.54) is 6.92 Å². The first-order valence-corrected chi connectivity index (χ1v) is 5.35. The highest BCUT2D eigenvalue weighted by Crippen LogP contribution is 2.11. The molecule has 90 valence electrons. The molecule has 0 aliphatic carbocycles. The minimum absolute atomic E-state index is 0.203. The van der Waals surface area contributed by atoms with E-state index in [1.54, 1.807) is 0 Å². The number of fused-ring (bicyclic) bond motifs is 1. The molecule has 0 saturated carbocycles. The van der Waals surface area contributed by atoms with Gasteiger partial charge in [0.15, 0.2) is 6.10 Å². The van der Waals surface area contributed by atoms with Gasteiger partial charge in [0.25, 0.3) is 0 Å². The monoisotopic (exact) mass is 234 g/mol. The molecule has 0 amide bonds. The van der Waals surface area contributed by atoms with E-state index < -0.39 is 12.1 Å². The third kappa shape index (κ3) is 2.45. The molecule has 5 nitrogen and oxygen atoms in total. The van der Waals surface area contributed by atoms with Crippen LogP contribution in [-0.4, -0.2) is 26.6 Å². The fraction of sp³-hybridized carbons (Fsp3) is 0.333. The smallest absolute Gasteiger partial charge is 0.332 e. The first kappa shape index (κ1) is 11.6. The number of ether oxygens (including phenoxy) is 1. The predicted octanol–water partition coefficient (Wildman–Crippen LogP) is 1.63. The lowest BCUT2D eigenvalue weighted by Crippen LogP contribution is -2.19. The fourth-order valence-electron chi connectivity index (χ4n) is 1.56. The minimum atomic E-state index is -0.968. The van der Waals surface area contributed by atoms with E-state index in [1.807, 2.05) is 35.9 Å². The van der Waals surface area contributed by atoms with Crippen LogP contribution in [0.1, 0.15) is 18.2 Å². The van der Waals surface area contributed by atoms with Crippen molar-refractivity contribution in [3.05, 3.63) is 35.8 Å². The zero-order valence-corrected chi connectivity index (χ0v) is 9.75. The van der Waals surface area contributed by atoms with Crippen molar-refractivity contribution >= 4 is 11.6 Å². The summed E-state index contributed by atoms with van der Waals surface area (Å²) in [5.74, 6) is -0.968. The lowest BCUT2D eigenvalue weighted by atomic mass is 10.3. The second kappa shape index (κ2) is 4.55. The highest BCUT2D eigenvalue weighted by molar-refractivity contribution is 5.71. The standard InChI is InChI=1S/C12H14N2O3/c1-8-4-3-5-14-6-10(13-11(8)14)7-17-9(2)12(15)16/h3-6,9H,7H2,1-2H3,(H,15,16)/t9-/m0/s1. The lowest BCUT2D eigenvalue weighted by molar-refractivity contribution is -0.149. The zero-order valence-electron chi connectivity index (χ0n) is 9.75. The third-order valence-electron chi connectivity index (χ3n) is 2.56. The van der Waals surface area contributed by atoms with Crippen LogP contribution < -0.4 is 0 Å². The summed E-state index contributed by atoms with van der Waals surface area (Å²) >= 11 is 0. The molecular weight excluding hydrogens is 220 g/mol. The van der Waals surface area contributed by atoms with Crippen molar-refractivity contribution < 1.29 is 14.6 Å². The maximum Gasteiger partial charge on any atom is 0.332 e. The Morgan fingerprint density at radius 2 is 2.41 bits per heavy atom. The van der Waals surface area contributed by atoms with Crippen molar-refractivity contribution in [3.8, 4) is 0 Å². The van der Waals surface area contributed by atoms with Gasteiger partial charge in [-0.05, 0) is 25.5 Å². The molecule has 1 N–H and O–H groups in total. The second-order valence-electron chi connectivity index (χ2n) is 3.95. The van der Waals surface area contributed by atoms with Crippen LogP contribution in [0.3, 0.4) is 0 Å². The molecule has 0 spiro atoms. The molecule has 5 heteroatoms. The largest absolute Gasteiger partial charge is 0.479 e. The molecular formula is C12H14N2O3. The van der Waals surface area contributed by atoms with Crippen molar-refractivity contribution in [1.82, 2.24) is 9.38 Å². The van der Waals surface area contributed by atoms with E-state index in [0.717, 1.165) is 16.9 Å². The zero-order chi connectivity index (χ0) is 12.4. The van der Waals surface area contributed by atoms with Gasteiger partial charge in [0.05, 0.1) is 12.3 Å². The Morgan fingerprint density at radius 1 is 1.65 bits per heavy atom. The maximum absolute atomic E-state index is 10.6. The molecule has 17 heavy (non-hydrogen) atoms. The van der Waals surface area contributed by atoms with Gasteiger partial charge in [0, 0.05) is 12.4 Å². The number of aryl methyl sites for hydroxylation is 1. The summed E-state index contributed by atoms with van der Waals surface area (Å²) in [6, 6.07) is 3.92. The van der Waals surface area contributed by atoms with Crippen LogP contribution in [0, 0.1) is 6.92 Å². The van der Waals surface area contributed by atoms with Crippen molar-refractivity contribution in [2.24, 2.45) is 0 Å². The van der Waals surface area contributed by atoms with Gasteiger partial charge in [-0.25, -0.2) is 9.78 Å². The highest BCUT2D eigenvalue weighted by Gasteiger charge is 2.12. The van der Waals surface area contributed by atoms with Crippen LogP contribution in [0.5, 0.6) is 0 Å². The molecule has 0 aliphatic heterocycles.